The molecule has 0 aliphatic carbocycles. The van der Waals surface area contributed by atoms with Crippen LogP contribution in [-0.4, -0.2) is 46.0 Å². The summed E-state index contributed by atoms with van der Waals surface area (Å²) in [6.07, 6.45) is 1.59. The van der Waals surface area contributed by atoms with E-state index in [2.05, 4.69) is 10.3 Å². The predicted octanol–water partition coefficient (Wildman–Crippen LogP) is 1.98. The molecule has 2 aromatic carbocycles. The molecule has 2 heterocycles. The van der Waals surface area contributed by atoms with Crippen molar-refractivity contribution in [1.82, 2.24) is 19.8 Å². The Hall–Kier alpha value is -3.39. The lowest BCUT2D eigenvalue weighted by molar-refractivity contribution is -0.133. The molecule has 8 nitrogen and oxygen atoms in total. The molecule has 3 aromatic rings. The van der Waals surface area contributed by atoms with Crippen molar-refractivity contribution in [2.45, 2.75) is 19.5 Å². The predicted molar refractivity (Wildman–Crippen MR) is 116 cm³/mol. The highest BCUT2D eigenvalue weighted by atomic mass is 35.5. The topological polar surface area (TPSA) is 93.5 Å². The van der Waals surface area contributed by atoms with E-state index >= 15 is 0 Å². The van der Waals surface area contributed by atoms with Crippen LogP contribution in [-0.2, 0) is 22.7 Å². The molecular formula is C22H21ClN4O4. The molecule has 9 heteroatoms. The Morgan fingerprint density at radius 3 is 2.87 bits per heavy atom. The number of fused-ring (bicyclic) bond motifs is 2. The lowest BCUT2D eigenvalue weighted by atomic mass is 10.2. The number of nitrogens with one attached hydrogen (secondary N) is 1. The number of benzene rings is 2. The number of ether oxygens (including phenoxy) is 1. The van der Waals surface area contributed by atoms with Crippen LogP contribution < -0.4 is 15.6 Å². The molecule has 0 radical (unpaired) electrons. The first-order chi connectivity index (χ1) is 15.0. The number of rotatable bonds is 6. The van der Waals surface area contributed by atoms with Gasteiger partial charge < -0.3 is 15.0 Å². The number of halogens is 1. The zero-order valence-corrected chi connectivity index (χ0v) is 17.5. The Labute approximate surface area is 183 Å². The molecular weight excluding hydrogens is 420 g/mol. The van der Waals surface area contributed by atoms with Gasteiger partial charge in [-0.1, -0.05) is 23.7 Å². The third-order valence-corrected chi connectivity index (χ3v) is 5.34. The quantitative estimate of drug-likeness (QED) is 0.632. The van der Waals surface area contributed by atoms with E-state index in [1.54, 1.807) is 41.3 Å². The van der Waals surface area contributed by atoms with Crippen LogP contribution in [0.4, 0.5) is 0 Å². The summed E-state index contributed by atoms with van der Waals surface area (Å²) in [5.74, 6) is 0.274. The largest absolute Gasteiger partial charge is 0.483 e. The highest BCUT2D eigenvalue weighted by molar-refractivity contribution is 6.30. The van der Waals surface area contributed by atoms with Crippen LogP contribution in [0.25, 0.3) is 10.9 Å². The van der Waals surface area contributed by atoms with E-state index in [0.29, 0.717) is 41.3 Å². The van der Waals surface area contributed by atoms with Gasteiger partial charge in [-0.25, -0.2) is 4.98 Å². The van der Waals surface area contributed by atoms with Gasteiger partial charge in [0.05, 0.1) is 17.2 Å². The van der Waals surface area contributed by atoms with Crippen LogP contribution in [0.15, 0.2) is 53.6 Å². The Morgan fingerprint density at radius 2 is 2.00 bits per heavy atom. The second-order valence-electron chi connectivity index (χ2n) is 7.22. The van der Waals surface area contributed by atoms with E-state index in [9.17, 15) is 14.4 Å². The summed E-state index contributed by atoms with van der Waals surface area (Å²) in [5.41, 5.74) is 1.28. The number of amides is 2. The molecule has 0 saturated carbocycles. The molecule has 31 heavy (non-hydrogen) atoms. The first-order valence-corrected chi connectivity index (χ1v) is 10.3. The van der Waals surface area contributed by atoms with Crippen molar-refractivity contribution in [2.24, 2.45) is 0 Å². The van der Waals surface area contributed by atoms with E-state index in [4.69, 9.17) is 16.3 Å². The van der Waals surface area contributed by atoms with Crippen LogP contribution in [0.5, 0.6) is 5.75 Å². The summed E-state index contributed by atoms with van der Waals surface area (Å²) in [4.78, 5) is 42.9. The number of aromatic nitrogens is 2. The van der Waals surface area contributed by atoms with Crippen molar-refractivity contribution in [3.63, 3.8) is 0 Å². The number of hydrogen-bond acceptors (Lipinski definition) is 5. The molecule has 1 N–H and O–H groups in total. The minimum absolute atomic E-state index is 0.0551. The number of nitrogens with zero attached hydrogens (tertiary/aromatic N) is 3. The fourth-order valence-electron chi connectivity index (χ4n) is 3.45. The van der Waals surface area contributed by atoms with Gasteiger partial charge in [0.2, 0.25) is 5.91 Å². The van der Waals surface area contributed by atoms with Crippen LogP contribution in [0, 0.1) is 0 Å². The van der Waals surface area contributed by atoms with Gasteiger partial charge in [-0.2, -0.15) is 0 Å². The summed E-state index contributed by atoms with van der Waals surface area (Å²) in [5, 5.41) is 3.89. The summed E-state index contributed by atoms with van der Waals surface area (Å²) >= 11 is 6.04. The molecule has 160 valence electrons. The zero-order valence-electron chi connectivity index (χ0n) is 16.7. The molecule has 0 unspecified atom stereocenters. The fraction of sp³-hybridized carbons (Fsp3) is 0.273. The third kappa shape index (κ3) is 4.86. The monoisotopic (exact) mass is 440 g/mol. The normalized spacial score (nSPS) is 13.5. The number of carbonyl (C=O) groups is 2. The average Bonchev–Trinajstić information content (AvgIpc) is 2.92. The van der Waals surface area contributed by atoms with Gasteiger partial charge >= 0.3 is 0 Å². The Kier molecular flexibility index (Phi) is 6.18. The lowest BCUT2D eigenvalue weighted by Gasteiger charge is -2.20. The maximum atomic E-state index is 12.5. The van der Waals surface area contributed by atoms with E-state index in [-0.39, 0.29) is 36.9 Å². The Morgan fingerprint density at radius 1 is 1.16 bits per heavy atom. The number of para-hydroxylation sites is 1. The first kappa shape index (κ1) is 20.9. The summed E-state index contributed by atoms with van der Waals surface area (Å²) < 4.78 is 6.96. The maximum absolute atomic E-state index is 12.5. The van der Waals surface area contributed by atoms with Gasteiger partial charge in [-0.15, -0.1) is 0 Å². The Bertz CT molecular complexity index is 1190. The van der Waals surface area contributed by atoms with Crippen LogP contribution >= 0.6 is 11.6 Å². The molecule has 0 fully saturated rings. The van der Waals surface area contributed by atoms with Crippen molar-refractivity contribution in [2.75, 3.05) is 19.7 Å². The van der Waals surface area contributed by atoms with Crippen molar-refractivity contribution in [3.05, 3.63) is 69.7 Å². The van der Waals surface area contributed by atoms with Crippen molar-refractivity contribution >= 4 is 34.3 Å². The van der Waals surface area contributed by atoms with Gasteiger partial charge in [0, 0.05) is 43.2 Å². The summed E-state index contributed by atoms with van der Waals surface area (Å²) in [6, 6.07) is 12.3. The first-order valence-electron chi connectivity index (χ1n) is 9.91. The van der Waals surface area contributed by atoms with Gasteiger partial charge in [-0.05, 0) is 30.3 Å². The van der Waals surface area contributed by atoms with Gasteiger partial charge in [0.1, 0.15) is 5.75 Å². The molecule has 0 saturated heterocycles. The smallest absolute Gasteiger partial charge is 0.261 e. The van der Waals surface area contributed by atoms with E-state index in [1.165, 1.54) is 10.9 Å². The van der Waals surface area contributed by atoms with Crippen molar-refractivity contribution in [3.8, 4) is 5.75 Å². The van der Waals surface area contributed by atoms with E-state index in [1.807, 2.05) is 6.07 Å². The van der Waals surface area contributed by atoms with Crippen LogP contribution in [0.3, 0.4) is 0 Å². The van der Waals surface area contributed by atoms with Crippen LogP contribution in [0.2, 0.25) is 5.02 Å². The lowest BCUT2D eigenvalue weighted by Crippen LogP contribution is -2.39. The third-order valence-electron chi connectivity index (χ3n) is 5.10. The molecule has 0 spiro atoms. The molecule has 1 aliphatic heterocycles. The highest BCUT2D eigenvalue weighted by Crippen LogP contribution is 2.26. The van der Waals surface area contributed by atoms with Gasteiger partial charge in [0.15, 0.2) is 6.61 Å². The molecule has 1 aromatic heterocycles. The minimum atomic E-state index is -0.206. The van der Waals surface area contributed by atoms with Crippen molar-refractivity contribution in [1.29, 1.82) is 0 Å². The standard InChI is InChI=1S/C22H21ClN4O4/c23-16-5-6-19-15(11-16)12-26(21(29)13-31-19)10-8-24-20(28)7-9-27-14-25-18-4-2-1-3-17(18)22(27)30/h1-6,11,14H,7-10,12-13H2,(H,24,28). The molecule has 0 atom stereocenters. The van der Waals surface area contributed by atoms with Crippen LogP contribution in [0.1, 0.15) is 12.0 Å². The molecule has 2 amide bonds. The zero-order chi connectivity index (χ0) is 21.8. The summed E-state index contributed by atoms with van der Waals surface area (Å²) in [7, 11) is 0. The van der Waals surface area contributed by atoms with E-state index < -0.39 is 0 Å². The highest BCUT2D eigenvalue weighted by Gasteiger charge is 2.21. The SMILES string of the molecule is O=C(CCn1cnc2ccccc2c1=O)NCCN1Cc2cc(Cl)ccc2OCC1=O. The number of carbonyl (C=O) groups excluding carboxylic acids is 2. The van der Waals surface area contributed by atoms with Gasteiger partial charge in [0.25, 0.3) is 11.5 Å². The second-order valence-corrected chi connectivity index (χ2v) is 7.65. The molecule has 4 rings (SSSR count). The number of hydrogen-bond donors (Lipinski definition) is 1. The Balaban J connectivity index is 1.30. The average molecular weight is 441 g/mol. The van der Waals surface area contributed by atoms with Gasteiger partial charge in [-0.3, -0.25) is 19.0 Å². The molecule has 0 bridgehead atoms. The minimum Gasteiger partial charge on any atom is -0.483 e. The maximum Gasteiger partial charge on any atom is 0.261 e. The molecule has 1 aliphatic rings. The second kappa shape index (κ2) is 9.18. The summed E-state index contributed by atoms with van der Waals surface area (Å²) in [6.45, 7) is 1.18. The van der Waals surface area contributed by atoms with Crippen molar-refractivity contribution < 1.29 is 14.3 Å². The van der Waals surface area contributed by atoms with E-state index in [0.717, 1.165) is 5.56 Å². The number of aryl methyl sites for hydroxylation is 1. The fourth-order valence-corrected chi connectivity index (χ4v) is 3.64.